The minimum atomic E-state index is -0.415. The van der Waals surface area contributed by atoms with Crippen LogP contribution in [0.5, 0.6) is 11.5 Å². The number of hydrogen-bond donors (Lipinski definition) is 2. The van der Waals surface area contributed by atoms with Gasteiger partial charge in [0.2, 0.25) is 5.91 Å². The summed E-state index contributed by atoms with van der Waals surface area (Å²) in [5.74, 6) is 1.02. The van der Waals surface area contributed by atoms with Crippen molar-refractivity contribution in [3.8, 4) is 11.5 Å². The standard InChI is InChI=1S/C22H22N4O5/c1-13(27)23-14-5-8-19(30-2)18(10-14)25-21(28)12-31-15-6-7-17-16(11-15)22(29)26-9-3-4-20(26)24-17/h5-8,10-11H,3-4,9,12H2,1-2H3,(H,23,27)(H,25,28). The monoisotopic (exact) mass is 422 g/mol. The van der Waals surface area contributed by atoms with Gasteiger partial charge >= 0.3 is 0 Å². The number of fused-ring (bicyclic) bond motifs is 2. The molecule has 3 aromatic rings. The zero-order chi connectivity index (χ0) is 22.0. The fourth-order valence-corrected chi connectivity index (χ4v) is 3.57. The molecule has 0 aliphatic carbocycles. The summed E-state index contributed by atoms with van der Waals surface area (Å²) < 4.78 is 12.5. The van der Waals surface area contributed by atoms with Gasteiger partial charge in [-0.05, 0) is 42.8 Å². The Bertz CT molecular complexity index is 1230. The molecule has 1 aromatic heterocycles. The number of anilines is 2. The summed E-state index contributed by atoms with van der Waals surface area (Å²) in [6.07, 6.45) is 1.71. The Morgan fingerprint density at radius 3 is 2.77 bits per heavy atom. The molecule has 2 aromatic carbocycles. The maximum Gasteiger partial charge on any atom is 0.262 e. The number of nitrogens with zero attached hydrogens (tertiary/aromatic N) is 2. The van der Waals surface area contributed by atoms with Crippen molar-refractivity contribution in [3.05, 3.63) is 52.6 Å². The highest BCUT2D eigenvalue weighted by Gasteiger charge is 2.16. The highest BCUT2D eigenvalue weighted by molar-refractivity contribution is 5.95. The van der Waals surface area contributed by atoms with E-state index in [1.807, 2.05) is 0 Å². The lowest BCUT2D eigenvalue weighted by molar-refractivity contribution is -0.118. The quantitative estimate of drug-likeness (QED) is 0.631. The Morgan fingerprint density at radius 1 is 1.16 bits per heavy atom. The SMILES string of the molecule is COc1ccc(NC(C)=O)cc1NC(=O)COc1ccc2nc3n(c(=O)c2c1)CCC3. The lowest BCUT2D eigenvalue weighted by Gasteiger charge is -2.13. The highest BCUT2D eigenvalue weighted by atomic mass is 16.5. The minimum Gasteiger partial charge on any atom is -0.495 e. The summed E-state index contributed by atoms with van der Waals surface area (Å²) in [5.41, 5.74) is 1.46. The third-order valence-electron chi connectivity index (χ3n) is 4.95. The number of benzene rings is 2. The molecule has 1 aliphatic rings. The molecule has 0 radical (unpaired) electrons. The number of hydrogen-bond acceptors (Lipinski definition) is 6. The van der Waals surface area contributed by atoms with Crippen LogP contribution in [0.15, 0.2) is 41.2 Å². The number of ether oxygens (including phenoxy) is 2. The van der Waals surface area contributed by atoms with Crippen molar-refractivity contribution < 1.29 is 19.1 Å². The topological polar surface area (TPSA) is 112 Å². The number of carbonyl (C=O) groups excluding carboxylic acids is 2. The number of amides is 2. The van der Waals surface area contributed by atoms with E-state index in [2.05, 4.69) is 15.6 Å². The molecule has 0 atom stereocenters. The lowest BCUT2D eigenvalue weighted by atomic mass is 10.2. The van der Waals surface area contributed by atoms with Crippen molar-refractivity contribution in [3.63, 3.8) is 0 Å². The molecule has 0 saturated carbocycles. The van der Waals surface area contributed by atoms with E-state index in [9.17, 15) is 14.4 Å². The average molecular weight is 422 g/mol. The molecule has 2 amide bonds. The molecular formula is C22H22N4O5. The maximum atomic E-state index is 12.7. The van der Waals surface area contributed by atoms with Gasteiger partial charge in [0.25, 0.3) is 11.5 Å². The molecule has 0 bridgehead atoms. The van der Waals surface area contributed by atoms with E-state index < -0.39 is 5.91 Å². The number of aryl methyl sites for hydroxylation is 1. The normalized spacial score (nSPS) is 12.3. The summed E-state index contributed by atoms with van der Waals surface area (Å²) in [6.45, 7) is 1.80. The van der Waals surface area contributed by atoms with Crippen LogP contribution >= 0.6 is 0 Å². The van der Waals surface area contributed by atoms with Crippen molar-refractivity contribution in [1.29, 1.82) is 0 Å². The van der Waals surface area contributed by atoms with Crippen molar-refractivity contribution in [2.24, 2.45) is 0 Å². The summed E-state index contributed by atoms with van der Waals surface area (Å²) in [5, 5.41) is 5.83. The second-order valence-electron chi connectivity index (χ2n) is 7.20. The molecule has 31 heavy (non-hydrogen) atoms. The van der Waals surface area contributed by atoms with Gasteiger partial charge in [0, 0.05) is 25.6 Å². The zero-order valence-electron chi connectivity index (χ0n) is 17.2. The fourth-order valence-electron chi connectivity index (χ4n) is 3.57. The Morgan fingerprint density at radius 2 is 2.00 bits per heavy atom. The molecular weight excluding hydrogens is 400 g/mol. The van der Waals surface area contributed by atoms with Crippen LogP contribution in [0.25, 0.3) is 10.9 Å². The van der Waals surface area contributed by atoms with Crippen LogP contribution < -0.4 is 25.7 Å². The van der Waals surface area contributed by atoms with Gasteiger partial charge < -0.3 is 20.1 Å². The Labute approximate surface area is 178 Å². The molecule has 2 heterocycles. The molecule has 0 spiro atoms. The minimum absolute atomic E-state index is 0.0908. The Hall–Kier alpha value is -3.88. The Balaban J connectivity index is 1.47. The first-order valence-electron chi connectivity index (χ1n) is 9.86. The van der Waals surface area contributed by atoms with Crippen molar-refractivity contribution in [2.45, 2.75) is 26.3 Å². The van der Waals surface area contributed by atoms with Gasteiger partial charge in [-0.15, -0.1) is 0 Å². The third kappa shape index (κ3) is 4.35. The van der Waals surface area contributed by atoms with Crippen LogP contribution in [-0.4, -0.2) is 35.1 Å². The van der Waals surface area contributed by atoms with Crippen LogP contribution in [0.3, 0.4) is 0 Å². The van der Waals surface area contributed by atoms with E-state index in [4.69, 9.17) is 9.47 Å². The number of rotatable bonds is 6. The van der Waals surface area contributed by atoms with Gasteiger partial charge in [-0.1, -0.05) is 0 Å². The highest BCUT2D eigenvalue weighted by Crippen LogP contribution is 2.28. The van der Waals surface area contributed by atoms with E-state index in [1.165, 1.54) is 14.0 Å². The average Bonchev–Trinajstić information content (AvgIpc) is 3.21. The first-order valence-corrected chi connectivity index (χ1v) is 9.86. The maximum absolute atomic E-state index is 12.7. The molecule has 2 N–H and O–H groups in total. The molecule has 0 saturated heterocycles. The van der Waals surface area contributed by atoms with Crippen LogP contribution in [0.4, 0.5) is 11.4 Å². The fraction of sp³-hybridized carbons (Fsp3) is 0.273. The predicted molar refractivity (Wildman–Crippen MR) is 116 cm³/mol. The van der Waals surface area contributed by atoms with Gasteiger partial charge in [0.1, 0.15) is 17.3 Å². The van der Waals surface area contributed by atoms with E-state index >= 15 is 0 Å². The summed E-state index contributed by atoms with van der Waals surface area (Å²) >= 11 is 0. The van der Waals surface area contributed by atoms with Gasteiger partial charge in [-0.2, -0.15) is 0 Å². The summed E-state index contributed by atoms with van der Waals surface area (Å²) in [6, 6.07) is 9.94. The van der Waals surface area contributed by atoms with E-state index in [1.54, 1.807) is 41.0 Å². The summed E-state index contributed by atoms with van der Waals surface area (Å²) in [4.78, 5) is 40.9. The lowest BCUT2D eigenvalue weighted by Crippen LogP contribution is -2.22. The first-order chi connectivity index (χ1) is 14.9. The van der Waals surface area contributed by atoms with Crippen LogP contribution in [-0.2, 0) is 22.6 Å². The van der Waals surface area contributed by atoms with E-state index in [0.717, 1.165) is 18.7 Å². The van der Waals surface area contributed by atoms with Crippen LogP contribution in [0.1, 0.15) is 19.2 Å². The number of methoxy groups -OCH3 is 1. The molecule has 9 nitrogen and oxygen atoms in total. The molecule has 160 valence electrons. The van der Waals surface area contributed by atoms with E-state index in [0.29, 0.717) is 40.3 Å². The van der Waals surface area contributed by atoms with Crippen molar-refractivity contribution >= 4 is 34.1 Å². The molecule has 0 fully saturated rings. The predicted octanol–water partition coefficient (Wildman–Crippen LogP) is 2.33. The second kappa shape index (κ2) is 8.47. The molecule has 0 unspecified atom stereocenters. The van der Waals surface area contributed by atoms with Crippen LogP contribution in [0, 0.1) is 0 Å². The second-order valence-corrected chi connectivity index (χ2v) is 7.20. The summed E-state index contributed by atoms with van der Waals surface area (Å²) in [7, 11) is 1.48. The van der Waals surface area contributed by atoms with Gasteiger partial charge in [-0.25, -0.2) is 4.98 Å². The largest absolute Gasteiger partial charge is 0.495 e. The van der Waals surface area contributed by atoms with Crippen molar-refractivity contribution in [2.75, 3.05) is 24.4 Å². The smallest absolute Gasteiger partial charge is 0.262 e. The Kier molecular flexibility index (Phi) is 5.57. The van der Waals surface area contributed by atoms with Gasteiger partial charge in [0.15, 0.2) is 6.61 Å². The number of aromatic nitrogens is 2. The number of carbonyl (C=O) groups is 2. The number of nitrogens with one attached hydrogen (secondary N) is 2. The van der Waals surface area contributed by atoms with Crippen LogP contribution in [0.2, 0.25) is 0 Å². The van der Waals surface area contributed by atoms with Gasteiger partial charge in [-0.3, -0.25) is 19.0 Å². The third-order valence-corrected chi connectivity index (χ3v) is 4.95. The van der Waals surface area contributed by atoms with Gasteiger partial charge in [0.05, 0.1) is 23.7 Å². The molecule has 1 aliphatic heterocycles. The molecule has 9 heteroatoms. The van der Waals surface area contributed by atoms with E-state index in [-0.39, 0.29) is 18.1 Å². The van der Waals surface area contributed by atoms with Crippen molar-refractivity contribution in [1.82, 2.24) is 9.55 Å². The first kappa shape index (κ1) is 20.4. The molecule has 4 rings (SSSR count). The zero-order valence-corrected chi connectivity index (χ0v) is 17.2.